The summed E-state index contributed by atoms with van der Waals surface area (Å²) in [4.78, 5) is 0. The third-order valence-electron chi connectivity index (χ3n) is 9.61. The minimum Gasteiger partial charge on any atom is -0.456 e. The van der Waals surface area contributed by atoms with Gasteiger partial charge < -0.3 is 4.42 Å². The van der Waals surface area contributed by atoms with E-state index < -0.39 is 0 Å². The van der Waals surface area contributed by atoms with Crippen molar-refractivity contribution in [1.82, 2.24) is 0 Å². The Morgan fingerprint density at radius 3 is 1.51 bits per heavy atom. The first-order valence-electron chi connectivity index (χ1n) is 15.5. The van der Waals surface area contributed by atoms with E-state index in [2.05, 4.69) is 146 Å². The zero-order valence-electron chi connectivity index (χ0n) is 24.4. The Bertz CT molecular complexity index is 2530. The van der Waals surface area contributed by atoms with E-state index in [-0.39, 0.29) is 0 Å². The maximum atomic E-state index is 6.17. The van der Waals surface area contributed by atoms with Crippen molar-refractivity contribution in [1.29, 1.82) is 0 Å². The second kappa shape index (κ2) is 9.29. The molecule has 0 radical (unpaired) electrons. The molecule has 1 heteroatoms. The number of fused-ring (bicyclic) bond motifs is 7. The zero-order chi connectivity index (χ0) is 29.5. The third kappa shape index (κ3) is 3.44. The molecule has 1 nitrogen and oxygen atoms in total. The van der Waals surface area contributed by atoms with Crippen LogP contribution in [0.15, 0.2) is 162 Å². The van der Waals surface area contributed by atoms with Gasteiger partial charge in [0, 0.05) is 10.8 Å². The van der Waals surface area contributed by atoms with Crippen molar-refractivity contribution in [2.75, 3.05) is 0 Å². The molecule has 1 aromatic heterocycles. The maximum Gasteiger partial charge on any atom is 0.135 e. The summed E-state index contributed by atoms with van der Waals surface area (Å²) in [5.74, 6) is 0. The number of rotatable bonds is 3. The van der Waals surface area contributed by atoms with Gasteiger partial charge in [-0.05, 0) is 95.4 Å². The summed E-state index contributed by atoms with van der Waals surface area (Å²) in [6, 6.07) is 57.2. The molecule has 0 saturated heterocycles. The van der Waals surface area contributed by atoms with Gasteiger partial charge in [-0.1, -0.05) is 140 Å². The molecule has 45 heavy (non-hydrogen) atoms. The normalized spacial score (nSPS) is 12.0. The molecule has 10 rings (SSSR count). The van der Waals surface area contributed by atoms with Gasteiger partial charge in [0.1, 0.15) is 11.2 Å². The van der Waals surface area contributed by atoms with Crippen LogP contribution in [0.3, 0.4) is 0 Å². The first-order chi connectivity index (χ1) is 22.3. The van der Waals surface area contributed by atoms with Crippen LogP contribution in [0.25, 0.3) is 99.1 Å². The van der Waals surface area contributed by atoms with Crippen LogP contribution in [0, 0.1) is 0 Å². The molecule has 8 aromatic carbocycles. The van der Waals surface area contributed by atoms with Crippen LogP contribution in [0.5, 0.6) is 0 Å². The van der Waals surface area contributed by atoms with Crippen LogP contribution >= 0.6 is 0 Å². The minimum absolute atomic E-state index is 0.921. The molecule has 1 heterocycles. The van der Waals surface area contributed by atoms with Crippen LogP contribution in [0.4, 0.5) is 0 Å². The average Bonchev–Trinajstić information content (AvgIpc) is 3.64. The monoisotopic (exact) mass is 570 g/mol. The first kappa shape index (κ1) is 24.5. The highest BCUT2D eigenvalue weighted by atomic mass is 16.3. The number of hydrogen-bond acceptors (Lipinski definition) is 1. The van der Waals surface area contributed by atoms with Crippen LogP contribution < -0.4 is 0 Å². The van der Waals surface area contributed by atoms with E-state index in [9.17, 15) is 0 Å². The highest BCUT2D eigenvalue weighted by Gasteiger charge is 2.31. The van der Waals surface area contributed by atoms with Gasteiger partial charge in [-0.15, -0.1) is 0 Å². The van der Waals surface area contributed by atoms with E-state index >= 15 is 0 Å². The van der Waals surface area contributed by atoms with Gasteiger partial charge in [-0.2, -0.15) is 0 Å². The SMILES string of the molecule is c1ccc(-c2c3c(c(-c4ccccc4)c4ccccc24)-c2ccc(-c4ccc5oc6ccccc6c5c4)c4cccc-3c24)cc1. The van der Waals surface area contributed by atoms with Crippen molar-refractivity contribution in [3.63, 3.8) is 0 Å². The topological polar surface area (TPSA) is 13.1 Å². The smallest absolute Gasteiger partial charge is 0.135 e. The Morgan fingerprint density at radius 1 is 0.289 bits per heavy atom. The molecule has 0 spiro atoms. The summed E-state index contributed by atoms with van der Waals surface area (Å²) in [6.07, 6.45) is 0. The van der Waals surface area contributed by atoms with E-state index in [4.69, 9.17) is 4.42 Å². The number of benzene rings is 8. The van der Waals surface area contributed by atoms with Crippen molar-refractivity contribution in [2.45, 2.75) is 0 Å². The lowest BCUT2D eigenvalue weighted by Gasteiger charge is -2.20. The van der Waals surface area contributed by atoms with Gasteiger partial charge >= 0.3 is 0 Å². The van der Waals surface area contributed by atoms with Crippen LogP contribution in [-0.4, -0.2) is 0 Å². The largest absolute Gasteiger partial charge is 0.456 e. The van der Waals surface area contributed by atoms with E-state index in [1.165, 1.54) is 77.2 Å². The van der Waals surface area contributed by atoms with Crippen LogP contribution in [-0.2, 0) is 0 Å². The Hall–Kier alpha value is -5.92. The van der Waals surface area contributed by atoms with Crippen molar-refractivity contribution in [2.24, 2.45) is 0 Å². The summed E-state index contributed by atoms with van der Waals surface area (Å²) >= 11 is 0. The number of para-hydroxylation sites is 1. The van der Waals surface area contributed by atoms with Crippen molar-refractivity contribution in [3.05, 3.63) is 158 Å². The standard InChI is InChI=1S/C44H26O/c1-3-12-27(13-4-1)40-33-17-7-8-18-34(33)41(28-14-5-2-6-15-28)44-36-24-23-30(32-19-11-20-35(42(32)36)43(40)44)29-22-25-39-37(26-29)31-16-9-10-21-38(31)45-39/h1-26H. The lowest BCUT2D eigenvalue weighted by Crippen LogP contribution is -1.93. The molecule has 0 bridgehead atoms. The van der Waals surface area contributed by atoms with Crippen molar-refractivity contribution < 1.29 is 4.42 Å². The summed E-state index contributed by atoms with van der Waals surface area (Å²) in [5.41, 5.74) is 14.6. The third-order valence-corrected chi connectivity index (χ3v) is 9.61. The van der Waals surface area contributed by atoms with E-state index in [1.54, 1.807) is 0 Å². The predicted octanol–water partition coefficient (Wildman–Crippen LogP) is 12.5. The van der Waals surface area contributed by atoms with Gasteiger partial charge in [0.05, 0.1) is 0 Å². The Balaban J connectivity index is 1.33. The summed E-state index contributed by atoms with van der Waals surface area (Å²) in [7, 11) is 0. The van der Waals surface area contributed by atoms with Crippen molar-refractivity contribution >= 4 is 43.5 Å². The molecular weight excluding hydrogens is 544 g/mol. The zero-order valence-corrected chi connectivity index (χ0v) is 24.4. The fourth-order valence-electron chi connectivity index (χ4n) is 7.76. The van der Waals surface area contributed by atoms with Gasteiger partial charge in [0.25, 0.3) is 0 Å². The molecule has 0 atom stereocenters. The van der Waals surface area contributed by atoms with Gasteiger partial charge in [-0.3, -0.25) is 0 Å². The summed E-state index contributed by atoms with van der Waals surface area (Å²) < 4.78 is 6.17. The molecule has 0 amide bonds. The fraction of sp³-hybridized carbons (Fsp3) is 0. The molecule has 208 valence electrons. The Kier molecular flexibility index (Phi) is 5.06. The molecule has 0 unspecified atom stereocenters. The molecular formula is C44H26O. The van der Waals surface area contributed by atoms with E-state index in [1.807, 2.05) is 12.1 Å². The van der Waals surface area contributed by atoms with Gasteiger partial charge in [-0.25, -0.2) is 0 Å². The molecule has 0 saturated carbocycles. The summed E-state index contributed by atoms with van der Waals surface area (Å²) in [6.45, 7) is 0. The van der Waals surface area contributed by atoms with Crippen LogP contribution in [0.1, 0.15) is 0 Å². The highest BCUT2D eigenvalue weighted by molar-refractivity contribution is 6.29. The van der Waals surface area contributed by atoms with Gasteiger partial charge in [0.2, 0.25) is 0 Å². The highest BCUT2D eigenvalue weighted by Crippen LogP contribution is 2.58. The Morgan fingerprint density at radius 2 is 0.822 bits per heavy atom. The summed E-state index contributed by atoms with van der Waals surface area (Å²) in [5, 5.41) is 7.47. The molecule has 0 fully saturated rings. The van der Waals surface area contributed by atoms with Gasteiger partial charge in [0.15, 0.2) is 0 Å². The van der Waals surface area contributed by atoms with E-state index in [0.717, 1.165) is 21.9 Å². The molecule has 9 aromatic rings. The second-order valence-electron chi connectivity index (χ2n) is 12.0. The Labute approximate surface area is 260 Å². The molecule has 1 aliphatic rings. The fourth-order valence-corrected chi connectivity index (χ4v) is 7.76. The van der Waals surface area contributed by atoms with Crippen LogP contribution in [0.2, 0.25) is 0 Å². The first-order valence-corrected chi connectivity index (χ1v) is 15.5. The molecule has 1 aliphatic carbocycles. The van der Waals surface area contributed by atoms with E-state index in [0.29, 0.717) is 0 Å². The quantitative estimate of drug-likeness (QED) is 0.206. The lowest BCUT2D eigenvalue weighted by molar-refractivity contribution is 0.669. The number of hydrogen-bond donors (Lipinski definition) is 0. The average molecular weight is 571 g/mol. The van der Waals surface area contributed by atoms with Crippen molar-refractivity contribution in [3.8, 4) is 55.6 Å². The molecule has 0 N–H and O–H groups in total. The predicted molar refractivity (Wildman–Crippen MR) is 189 cm³/mol. The minimum atomic E-state index is 0.921. The lowest BCUT2D eigenvalue weighted by atomic mass is 9.82. The molecule has 0 aliphatic heterocycles. The number of furan rings is 1. The maximum absolute atomic E-state index is 6.17. The second-order valence-corrected chi connectivity index (χ2v) is 12.0.